The Bertz CT molecular complexity index is 1090. The first-order chi connectivity index (χ1) is 15.0. The maximum absolute atomic E-state index is 13.6. The molecule has 0 unspecified atom stereocenters. The van der Waals surface area contributed by atoms with Crippen LogP contribution in [-0.2, 0) is 12.4 Å². The van der Waals surface area contributed by atoms with Gasteiger partial charge in [-0.15, -0.1) is 0 Å². The summed E-state index contributed by atoms with van der Waals surface area (Å²) in [6, 6.07) is 6.92. The second-order valence-corrected chi connectivity index (χ2v) is 6.85. The summed E-state index contributed by atoms with van der Waals surface area (Å²) in [4.78, 5) is 20.6. The van der Waals surface area contributed by atoms with Crippen molar-refractivity contribution < 1.29 is 35.9 Å². The number of ketones is 1. The first-order valence-electron chi connectivity index (χ1n) is 9.22. The van der Waals surface area contributed by atoms with E-state index in [0.717, 1.165) is 42.6 Å². The highest BCUT2D eigenvalue weighted by molar-refractivity contribution is 5.96. The zero-order valence-electron chi connectivity index (χ0n) is 16.5. The molecule has 0 bridgehead atoms. The van der Waals surface area contributed by atoms with Crippen LogP contribution in [0, 0.1) is 0 Å². The molecule has 2 aromatic heterocycles. The zero-order valence-corrected chi connectivity index (χ0v) is 16.5. The first kappa shape index (κ1) is 23.2. The summed E-state index contributed by atoms with van der Waals surface area (Å²) in [5.74, 6) is -1.54. The molecule has 32 heavy (non-hydrogen) atoms. The summed E-state index contributed by atoms with van der Waals surface area (Å²) < 4.78 is 84.6. The number of alkyl halides is 6. The summed E-state index contributed by atoms with van der Waals surface area (Å²) in [5, 5.41) is 0. The molecular formula is C22H16F6N2O2. The van der Waals surface area contributed by atoms with Crippen molar-refractivity contribution in [2.75, 3.05) is 7.11 Å². The fourth-order valence-electron chi connectivity index (χ4n) is 3.20. The van der Waals surface area contributed by atoms with Gasteiger partial charge in [0.1, 0.15) is 5.75 Å². The van der Waals surface area contributed by atoms with Crippen LogP contribution in [0.3, 0.4) is 0 Å². The molecule has 0 amide bonds. The molecule has 0 aliphatic heterocycles. The van der Waals surface area contributed by atoms with Gasteiger partial charge in [-0.25, -0.2) is 0 Å². The fourth-order valence-corrected chi connectivity index (χ4v) is 3.20. The van der Waals surface area contributed by atoms with Crippen molar-refractivity contribution in [3.63, 3.8) is 0 Å². The van der Waals surface area contributed by atoms with Gasteiger partial charge < -0.3 is 4.74 Å². The number of hydrogen-bond donors (Lipinski definition) is 0. The van der Waals surface area contributed by atoms with Crippen molar-refractivity contribution in [1.82, 2.24) is 9.97 Å². The molecule has 0 radical (unpaired) electrons. The second kappa shape index (κ2) is 8.97. The van der Waals surface area contributed by atoms with E-state index in [-0.39, 0.29) is 16.9 Å². The van der Waals surface area contributed by atoms with E-state index in [4.69, 9.17) is 4.74 Å². The number of benzene rings is 1. The molecule has 168 valence electrons. The highest BCUT2D eigenvalue weighted by Crippen LogP contribution is 2.39. The molecule has 2 heterocycles. The van der Waals surface area contributed by atoms with Gasteiger partial charge in [0, 0.05) is 30.3 Å². The van der Waals surface area contributed by atoms with Crippen molar-refractivity contribution in [1.29, 1.82) is 0 Å². The minimum Gasteiger partial charge on any atom is -0.495 e. The minimum atomic E-state index is -4.77. The Hall–Kier alpha value is -3.43. The van der Waals surface area contributed by atoms with E-state index in [1.165, 1.54) is 25.6 Å². The standard InChI is InChI=1S/C22H16F6N2O2/c1-32-16-9-14(11-29-12-16)19(31)10-17(13-4-6-15(7-5-13)21(23,24)25)20-18(22(26,27)28)3-2-8-30-20/h2-9,11-12,17H,10H2,1H3/t17-/m0/s1. The third-order valence-corrected chi connectivity index (χ3v) is 4.77. The number of methoxy groups -OCH3 is 1. The number of Topliss-reactive ketones (excluding diaryl/α,β-unsaturated/α-hetero) is 1. The number of pyridine rings is 2. The van der Waals surface area contributed by atoms with Crippen LogP contribution in [0.5, 0.6) is 5.75 Å². The van der Waals surface area contributed by atoms with Gasteiger partial charge in [0.15, 0.2) is 5.78 Å². The van der Waals surface area contributed by atoms with Gasteiger partial charge in [0.05, 0.1) is 30.1 Å². The van der Waals surface area contributed by atoms with Gasteiger partial charge in [-0.1, -0.05) is 12.1 Å². The number of halogens is 6. The van der Waals surface area contributed by atoms with Crippen molar-refractivity contribution in [3.05, 3.63) is 89.0 Å². The Labute approximate surface area is 178 Å². The Morgan fingerprint density at radius 3 is 2.28 bits per heavy atom. The summed E-state index contributed by atoms with van der Waals surface area (Å²) in [6.07, 6.45) is -6.13. The Balaban J connectivity index is 2.07. The van der Waals surface area contributed by atoms with E-state index in [1.54, 1.807) is 0 Å². The smallest absolute Gasteiger partial charge is 0.418 e. The number of rotatable bonds is 6. The molecule has 4 nitrogen and oxygen atoms in total. The summed E-state index contributed by atoms with van der Waals surface area (Å²) in [6.45, 7) is 0. The third kappa shape index (κ3) is 5.24. The van der Waals surface area contributed by atoms with E-state index >= 15 is 0 Å². The lowest BCUT2D eigenvalue weighted by molar-refractivity contribution is -0.139. The van der Waals surface area contributed by atoms with Crippen molar-refractivity contribution in [2.45, 2.75) is 24.7 Å². The van der Waals surface area contributed by atoms with Gasteiger partial charge in [-0.05, 0) is 35.9 Å². The molecule has 1 aromatic carbocycles. The van der Waals surface area contributed by atoms with Gasteiger partial charge in [0.25, 0.3) is 0 Å². The second-order valence-electron chi connectivity index (χ2n) is 6.85. The number of carbonyl (C=O) groups excluding carboxylic acids is 1. The third-order valence-electron chi connectivity index (χ3n) is 4.77. The van der Waals surface area contributed by atoms with Crippen molar-refractivity contribution in [3.8, 4) is 5.75 Å². The van der Waals surface area contributed by atoms with Crippen LogP contribution < -0.4 is 4.74 Å². The van der Waals surface area contributed by atoms with E-state index in [1.807, 2.05) is 0 Å². The fraction of sp³-hybridized carbons (Fsp3) is 0.227. The lowest BCUT2D eigenvalue weighted by Gasteiger charge is -2.21. The van der Waals surface area contributed by atoms with Crippen LogP contribution in [0.2, 0.25) is 0 Å². The van der Waals surface area contributed by atoms with E-state index in [0.29, 0.717) is 0 Å². The number of ether oxygens (including phenoxy) is 1. The van der Waals surface area contributed by atoms with Gasteiger partial charge in [-0.3, -0.25) is 14.8 Å². The van der Waals surface area contributed by atoms with Crippen LogP contribution in [0.1, 0.15) is 45.1 Å². The molecule has 3 aromatic rings. The molecule has 0 saturated heterocycles. The Morgan fingerprint density at radius 1 is 1.00 bits per heavy atom. The highest BCUT2D eigenvalue weighted by Gasteiger charge is 2.37. The monoisotopic (exact) mass is 454 g/mol. The predicted molar refractivity (Wildman–Crippen MR) is 102 cm³/mol. The van der Waals surface area contributed by atoms with Crippen LogP contribution >= 0.6 is 0 Å². The molecule has 1 atom stereocenters. The summed E-state index contributed by atoms with van der Waals surface area (Å²) in [5.41, 5.74) is -2.30. The minimum absolute atomic E-state index is 0.0887. The molecule has 0 fully saturated rings. The number of aromatic nitrogens is 2. The molecule has 0 N–H and O–H groups in total. The predicted octanol–water partition coefficient (Wildman–Crippen LogP) is 5.93. The zero-order chi connectivity index (χ0) is 23.5. The SMILES string of the molecule is COc1cncc(C(=O)C[C@@H](c2ccc(C(F)(F)F)cc2)c2ncccc2C(F)(F)F)c1. The van der Waals surface area contributed by atoms with Crippen molar-refractivity contribution >= 4 is 5.78 Å². The molecular weight excluding hydrogens is 438 g/mol. The number of carbonyl (C=O) groups is 1. The summed E-state index contributed by atoms with van der Waals surface area (Å²) in [7, 11) is 1.36. The Kier molecular flexibility index (Phi) is 6.52. The van der Waals surface area contributed by atoms with E-state index in [2.05, 4.69) is 9.97 Å². The lowest BCUT2D eigenvalue weighted by atomic mass is 9.86. The lowest BCUT2D eigenvalue weighted by Crippen LogP contribution is -2.17. The van der Waals surface area contributed by atoms with Crippen LogP contribution in [-0.4, -0.2) is 22.9 Å². The maximum atomic E-state index is 13.6. The normalized spacial score (nSPS) is 13.0. The first-order valence-corrected chi connectivity index (χ1v) is 9.22. The topological polar surface area (TPSA) is 52.1 Å². The quantitative estimate of drug-likeness (QED) is 0.342. The average Bonchev–Trinajstić information content (AvgIpc) is 2.76. The molecule has 3 rings (SSSR count). The van der Waals surface area contributed by atoms with Crippen LogP contribution in [0.4, 0.5) is 26.3 Å². The molecule has 0 aliphatic carbocycles. The van der Waals surface area contributed by atoms with Gasteiger partial charge in [0.2, 0.25) is 0 Å². The molecule has 0 spiro atoms. The molecule has 0 saturated carbocycles. The van der Waals surface area contributed by atoms with Crippen LogP contribution in [0.15, 0.2) is 61.1 Å². The van der Waals surface area contributed by atoms with Crippen molar-refractivity contribution in [2.24, 2.45) is 0 Å². The summed E-state index contributed by atoms with van der Waals surface area (Å²) >= 11 is 0. The average molecular weight is 454 g/mol. The van der Waals surface area contributed by atoms with Gasteiger partial charge in [-0.2, -0.15) is 26.3 Å². The Morgan fingerprint density at radius 2 is 1.69 bits per heavy atom. The maximum Gasteiger partial charge on any atom is 0.418 e. The largest absolute Gasteiger partial charge is 0.495 e. The van der Waals surface area contributed by atoms with Crippen LogP contribution in [0.25, 0.3) is 0 Å². The number of nitrogens with zero attached hydrogens (tertiary/aromatic N) is 2. The van der Waals surface area contributed by atoms with E-state index < -0.39 is 47.3 Å². The molecule has 10 heteroatoms. The number of hydrogen-bond acceptors (Lipinski definition) is 4. The van der Waals surface area contributed by atoms with Gasteiger partial charge >= 0.3 is 12.4 Å². The highest BCUT2D eigenvalue weighted by atomic mass is 19.4. The van der Waals surface area contributed by atoms with E-state index in [9.17, 15) is 31.1 Å². The molecule has 0 aliphatic rings.